The first kappa shape index (κ1) is 14.3. The molecule has 108 valence electrons. The van der Waals surface area contributed by atoms with Crippen LogP contribution in [-0.2, 0) is 9.59 Å². The molecule has 2 fully saturated rings. The lowest BCUT2D eigenvalue weighted by atomic mass is 9.93. The molecular formula is C14H24N2O3. The molecule has 0 aromatic rings. The van der Waals surface area contributed by atoms with E-state index in [2.05, 4.69) is 0 Å². The smallest absolute Gasteiger partial charge is 0.247 e. The standard InChI is InChI=1S/C14H24N2O3/c1-13(2)12(18)15(3)8-9-16(13)11(17)10-14(19)6-4-5-7-14/h19H,4-10H2,1-3H3. The fourth-order valence-electron chi connectivity index (χ4n) is 3.24. The second kappa shape index (κ2) is 4.78. The molecule has 1 saturated heterocycles. The molecule has 2 amide bonds. The van der Waals surface area contributed by atoms with Crippen LogP contribution in [0.3, 0.4) is 0 Å². The van der Waals surface area contributed by atoms with Gasteiger partial charge in [0, 0.05) is 20.1 Å². The number of amides is 2. The number of likely N-dealkylation sites (N-methyl/N-ethyl adjacent to an activating group) is 1. The fraction of sp³-hybridized carbons (Fsp3) is 0.857. The molecule has 0 aromatic carbocycles. The highest BCUT2D eigenvalue weighted by Crippen LogP contribution is 2.34. The Kier molecular flexibility index (Phi) is 3.60. The van der Waals surface area contributed by atoms with Crippen molar-refractivity contribution in [3.63, 3.8) is 0 Å². The minimum atomic E-state index is -0.848. The van der Waals surface area contributed by atoms with Gasteiger partial charge in [0.2, 0.25) is 11.8 Å². The summed E-state index contributed by atoms with van der Waals surface area (Å²) >= 11 is 0. The normalized spacial score (nSPS) is 25.8. The second-order valence-electron chi connectivity index (χ2n) is 6.44. The van der Waals surface area contributed by atoms with Crippen molar-refractivity contribution in [2.45, 2.75) is 57.1 Å². The van der Waals surface area contributed by atoms with Crippen LogP contribution in [0.25, 0.3) is 0 Å². The van der Waals surface area contributed by atoms with Crippen molar-refractivity contribution in [3.05, 3.63) is 0 Å². The fourth-order valence-corrected chi connectivity index (χ4v) is 3.24. The Balaban J connectivity index is 2.08. The molecule has 0 unspecified atom stereocenters. The Hall–Kier alpha value is -1.10. The minimum absolute atomic E-state index is 0.0366. The number of hydrogen-bond donors (Lipinski definition) is 1. The van der Waals surface area contributed by atoms with Crippen molar-refractivity contribution < 1.29 is 14.7 Å². The Morgan fingerprint density at radius 3 is 2.42 bits per heavy atom. The molecule has 1 aliphatic carbocycles. The number of rotatable bonds is 2. The monoisotopic (exact) mass is 268 g/mol. The number of carbonyl (C=O) groups excluding carboxylic acids is 2. The summed E-state index contributed by atoms with van der Waals surface area (Å²) in [6.07, 6.45) is 3.50. The van der Waals surface area contributed by atoms with Crippen molar-refractivity contribution >= 4 is 11.8 Å². The van der Waals surface area contributed by atoms with Gasteiger partial charge in [-0.25, -0.2) is 0 Å². The molecule has 0 bridgehead atoms. The molecule has 0 spiro atoms. The van der Waals surface area contributed by atoms with Crippen LogP contribution in [0.1, 0.15) is 46.0 Å². The first-order valence-corrected chi connectivity index (χ1v) is 7.05. The number of nitrogens with zero attached hydrogens (tertiary/aromatic N) is 2. The van der Waals surface area contributed by atoms with Gasteiger partial charge in [0.1, 0.15) is 5.54 Å². The van der Waals surface area contributed by atoms with Gasteiger partial charge in [-0.3, -0.25) is 9.59 Å². The Morgan fingerprint density at radius 2 is 1.84 bits per heavy atom. The first-order chi connectivity index (χ1) is 8.76. The van der Waals surface area contributed by atoms with Crippen LogP contribution in [0.15, 0.2) is 0 Å². The zero-order valence-electron chi connectivity index (χ0n) is 12.1. The van der Waals surface area contributed by atoms with E-state index in [-0.39, 0.29) is 18.2 Å². The van der Waals surface area contributed by atoms with Gasteiger partial charge in [-0.1, -0.05) is 12.8 Å². The molecule has 2 rings (SSSR count). The van der Waals surface area contributed by atoms with Gasteiger partial charge in [-0.05, 0) is 26.7 Å². The van der Waals surface area contributed by atoms with E-state index in [0.29, 0.717) is 25.9 Å². The van der Waals surface area contributed by atoms with Gasteiger partial charge in [0.05, 0.1) is 12.0 Å². The molecule has 19 heavy (non-hydrogen) atoms. The third-order valence-corrected chi connectivity index (χ3v) is 4.52. The zero-order chi connectivity index (χ0) is 14.3. The predicted octanol–water partition coefficient (Wildman–Crippen LogP) is 0.761. The third kappa shape index (κ3) is 2.61. The lowest BCUT2D eigenvalue weighted by molar-refractivity contribution is -0.159. The summed E-state index contributed by atoms with van der Waals surface area (Å²) in [5.41, 5.74) is -1.65. The quantitative estimate of drug-likeness (QED) is 0.804. The molecule has 0 radical (unpaired) electrons. The summed E-state index contributed by atoms with van der Waals surface area (Å²) < 4.78 is 0. The predicted molar refractivity (Wildman–Crippen MR) is 71.5 cm³/mol. The van der Waals surface area contributed by atoms with E-state index in [9.17, 15) is 14.7 Å². The number of aliphatic hydroxyl groups is 1. The van der Waals surface area contributed by atoms with Gasteiger partial charge < -0.3 is 14.9 Å². The summed E-state index contributed by atoms with van der Waals surface area (Å²) in [7, 11) is 1.76. The summed E-state index contributed by atoms with van der Waals surface area (Å²) in [5, 5.41) is 10.3. The van der Waals surface area contributed by atoms with E-state index in [0.717, 1.165) is 12.8 Å². The summed E-state index contributed by atoms with van der Waals surface area (Å²) in [6, 6.07) is 0. The topological polar surface area (TPSA) is 60.9 Å². The van der Waals surface area contributed by atoms with Crippen LogP contribution in [0, 0.1) is 0 Å². The summed E-state index contributed by atoms with van der Waals surface area (Å²) in [5.74, 6) is -0.138. The van der Waals surface area contributed by atoms with E-state index in [4.69, 9.17) is 0 Å². The van der Waals surface area contributed by atoms with E-state index in [1.165, 1.54) is 0 Å². The SMILES string of the molecule is CN1CCN(C(=O)CC2(O)CCCC2)C(C)(C)C1=O. The molecule has 1 saturated carbocycles. The van der Waals surface area contributed by atoms with E-state index < -0.39 is 11.1 Å². The first-order valence-electron chi connectivity index (χ1n) is 7.05. The van der Waals surface area contributed by atoms with Gasteiger partial charge in [-0.15, -0.1) is 0 Å². The van der Waals surface area contributed by atoms with E-state index in [1.54, 1.807) is 30.7 Å². The number of hydrogen-bond acceptors (Lipinski definition) is 3. The maximum atomic E-state index is 12.4. The molecule has 1 aliphatic heterocycles. The maximum Gasteiger partial charge on any atom is 0.247 e. The van der Waals surface area contributed by atoms with Crippen LogP contribution in [0.2, 0.25) is 0 Å². The van der Waals surface area contributed by atoms with Crippen molar-refractivity contribution in [1.29, 1.82) is 0 Å². The van der Waals surface area contributed by atoms with Gasteiger partial charge in [0.15, 0.2) is 0 Å². The van der Waals surface area contributed by atoms with Crippen LogP contribution in [-0.4, -0.2) is 58.0 Å². The highest BCUT2D eigenvalue weighted by Gasteiger charge is 2.45. The average Bonchev–Trinajstić information content (AvgIpc) is 2.72. The van der Waals surface area contributed by atoms with Gasteiger partial charge in [0.25, 0.3) is 0 Å². The number of piperazine rings is 1. The summed E-state index contributed by atoms with van der Waals surface area (Å²) in [4.78, 5) is 27.9. The molecule has 0 aromatic heterocycles. The van der Waals surface area contributed by atoms with Gasteiger partial charge in [-0.2, -0.15) is 0 Å². The third-order valence-electron chi connectivity index (χ3n) is 4.52. The molecule has 2 aliphatic rings. The molecule has 1 heterocycles. The molecular weight excluding hydrogens is 244 g/mol. The second-order valence-corrected chi connectivity index (χ2v) is 6.44. The van der Waals surface area contributed by atoms with Crippen LogP contribution in [0.4, 0.5) is 0 Å². The zero-order valence-corrected chi connectivity index (χ0v) is 12.1. The van der Waals surface area contributed by atoms with Crippen molar-refractivity contribution in [1.82, 2.24) is 9.80 Å². The maximum absolute atomic E-state index is 12.4. The van der Waals surface area contributed by atoms with Crippen molar-refractivity contribution in [3.8, 4) is 0 Å². The molecule has 1 N–H and O–H groups in total. The van der Waals surface area contributed by atoms with Crippen molar-refractivity contribution in [2.75, 3.05) is 20.1 Å². The number of carbonyl (C=O) groups is 2. The Bertz CT molecular complexity index is 386. The van der Waals surface area contributed by atoms with Crippen LogP contribution < -0.4 is 0 Å². The highest BCUT2D eigenvalue weighted by atomic mass is 16.3. The highest BCUT2D eigenvalue weighted by molar-refractivity contribution is 5.92. The van der Waals surface area contributed by atoms with Crippen LogP contribution in [0.5, 0.6) is 0 Å². The van der Waals surface area contributed by atoms with Crippen LogP contribution >= 0.6 is 0 Å². The molecule has 5 nitrogen and oxygen atoms in total. The lowest BCUT2D eigenvalue weighted by Gasteiger charge is -2.45. The lowest BCUT2D eigenvalue weighted by Crippen LogP contribution is -2.64. The molecule has 5 heteroatoms. The Morgan fingerprint density at radius 1 is 1.26 bits per heavy atom. The minimum Gasteiger partial charge on any atom is -0.389 e. The average molecular weight is 268 g/mol. The van der Waals surface area contributed by atoms with Crippen molar-refractivity contribution in [2.24, 2.45) is 0 Å². The van der Waals surface area contributed by atoms with E-state index >= 15 is 0 Å². The Labute approximate surface area is 114 Å². The van der Waals surface area contributed by atoms with Gasteiger partial charge >= 0.3 is 0 Å². The summed E-state index contributed by atoms with van der Waals surface area (Å²) in [6.45, 7) is 4.67. The molecule has 0 atom stereocenters. The van der Waals surface area contributed by atoms with E-state index in [1.807, 2.05) is 0 Å². The largest absolute Gasteiger partial charge is 0.389 e.